The number of hydrogen-bond donors (Lipinski definition) is 0. The van der Waals surface area contributed by atoms with Gasteiger partial charge in [-0.25, -0.2) is 0 Å². The van der Waals surface area contributed by atoms with Crippen molar-refractivity contribution in [2.24, 2.45) is 5.41 Å². The van der Waals surface area contributed by atoms with E-state index in [1.165, 1.54) is 38.6 Å². The Labute approximate surface area is 69.8 Å². The molecule has 0 aromatic carbocycles. The maximum Gasteiger partial charge on any atom is 0.00643 e. The van der Waals surface area contributed by atoms with Gasteiger partial charge in [0.25, 0.3) is 0 Å². The second-order valence-corrected chi connectivity index (χ2v) is 4.66. The molecule has 1 nitrogen and oxygen atoms in total. The van der Waals surface area contributed by atoms with Crippen LogP contribution in [0.4, 0.5) is 0 Å². The Bertz CT molecular complexity index is 149. The minimum Gasteiger partial charge on any atom is -0.303 e. The van der Waals surface area contributed by atoms with E-state index in [9.17, 15) is 0 Å². The van der Waals surface area contributed by atoms with Crippen LogP contribution in [0.25, 0.3) is 0 Å². The molecule has 1 atom stereocenters. The van der Waals surface area contributed by atoms with Crippen molar-refractivity contribution in [1.29, 1.82) is 0 Å². The summed E-state index contributed by atoms with van der Waals surface area (Å²) < 4.78 is 0. The van der Waals surface area contributed by atoms with Gasteiger partial charge >= 0.3 is 0 Å². The normalized spacial score (nSPS) is 37.1. The van der Waals surface area contributed by atoms with Crippen LogP contribution in [-0.2, 0) is 0 Å². The minimum atomic E-state index is 0.779. The average Bonchev–Trinajstić information content (AvgIpc) is 1.92. The summed E-state index contributed by atoms with van der Waals surface area (Å²) in [6, 6.07) is 0.834. The third-order valence-corrected chi connectivity index (χ3v) is 3.84. The zero-order valence-corrected chi connectivity index (χ0v) is 7.77. The lowest BCUT2D eigenvalue weighted by Crippen LogP contribution is -2.48. The van der Waals surface area contributed by atoms with E-state index in [4.69, 9.17) is 0 Å². The highest BCUT2D eigenvalue weighted by Crippen LogP contribution is 2.48. The fourth-order valence-electron chi connectivity index (χ4n) is 2.58. The van der Waals surface area contributed by atoms with E-state index >= 15 is 0 Å². The Morgan fingerprint density at radius 2 is 2.00 bits per heavy atom. The van der Waals surface area contributed by atoms with Crippen LogP contribution in [0.2, 0.25) is 0 Å². The van der Waals surface area contributed by atoms with Crippen LogP contribution in [0.5, 0.6) is 0 Å². The zero-order valence-electron chi connectivity index (χ0n) is 7.77. The molecule has 1 aliphatic heterocycles. The second-order valence-electron chi connectivity index (χ2n) is 4.66. The predicted octanol–water partition coefficient (Wildman–Crippen LogP) is 2.27. The number of piperidine rings is 1. The van der Waals surface area contributed by atoms with Crippen LogP contribution in [-0.4, -0.2) is 24.5 Å². The van der Waals surface area contributed by atoms with Crippen molar-refractivity contribution in [1.82, 2.24) is 4.90 Å². The lowest BCUT2D eigenvalue weighted by molar-refractivity contribution is 0.00729. The van der Waals surface area contributed by atoms with Gasteiger partial charge in [0.1, 0.15) is 0 Å². The molecule has 0 aromatic rings. The third-order valence-electron chi connectivity index (χ3n) is 3.84. The van der Waals surface area contributed by atoms with E-state index in [-0.39, 0.29) is 0 Å². The van der Waals surface area contributed by atoms with E-state index in [0.717, 1.165) is 11.5 Å². The van der Waals surface area contributed by atoms with Gasteiger partial charge in [0.15, 0.2) is 0 Å². The molecule has 0 N–H and O–H groups in total. The molecule has 1 saturated carbocycles. The van der Waals surface area contributed by atoms with Gasteiger partial charge < -0.3 is 4.90 Å². The summed E-state index contributed by atoms with van der Waals surface area (Å²) >= 11 is 0. The molecule has 1 aliphatic carbocycles. The Morgan fingerprint density at radius 3 is 2.45 bits per heavy atom. The SMILES string of the molecule is CC1CCC2(CCC2)CN1C. The van der Waals surface area contributed by atoms with Crippen molar-refractivity contribution >= 4 is 0 Å². The quantitative estimate of drug-likeness (QED) is 0.516. The van der Waals surface area contributed by atoms with Crippen molar-refractivity contribution in [3.63, 3.8) is 0 Å². The summed E-state index contributed by atoms with van der Waals surface area (Å²) in [6.45, 7) is 3.72. The number of hydrogen-bond acceptors (Lipinski definition) is 1. The van der Waals surface area contributed by atoms with Gasteiger partial charge in [0.2, 0.25) is 0 Å². The van der Waals surface area contributed by atoms with E-state index in [1.807, 2.05) is 0 Å². The molecule has 1 spiro atoms. The van der Waals surface area contributed by atoms with Crippen molar-refractivity contribution in [3.05, 3.63) is 0 Å². The first-order chi connectivity index (χ1) is 5.22. The van der Waals surface area contributed by atoms with Crippen LogP contribution < -0.4 is 0 Å². The summed E-state index contributed by atoms with van der Waals surface area (Å²) in [5.74, 6) is 0. The molecule has 0 radical (unpaired) electrons. The lowest BCUT2D eigenvalue weighted by Gasteiger charge is -2.50. The largest absolute Gasteiger partial charge is 0.303 e. The lowest BCUT2D eigenvalue weighted by atomic mass is 9.63. The van der Waals surface area contributed by atoms with Crippen molar-refractivity contribution in [2.75, 3.05) is 13.6 Å². The minimum absolute atomic E-state index is 0.779. The summed E-state index contributed by atoms with van der Waals surface area (Å²) in [5, 5.41) is 0. The van der Waals surface area contributed by atoms with E-state index in [2.05, 4.69) is 18.9 Å². The molecular formula is C10H19N. The van der Waals surface area contributed by atoms with Crippen molar-refractivity contribution in [2.45, 2.75) is 45.1 Å². The molecule has 1 heterocycles. The zero-order chi connectivity index (χ0) is 7.90. The average molecular weight is 153 g/mol. The van der Waals surface area contributed by atoms with Crippen LogP contribution in [0.15, 0.2) is 0 Å². The summed E-state index contributed by atoms with van der Waals surface area (Å²) in [4.78, 5) is 2.54. The molecule has 1 saturated heterocycles. The molecule has 64 valence electrons. The Hall–Kier alpha value is -0.0400. The number of likely N-dealkylation sites (tertiary alicyclic amines) is 1. The molecular weight excluding hydrogens is 134 g/mol. The van der Waals surface area contributed by atoms with E-state index < -0.39 is 0 Å². The van der Waals surface area contributed by atoms with Crippen LogP contribution in [0.3, 0.4) is 0 Å². The topological polar surface area (TPSA) is 3.24 Å². The molecule has 2 rings (SSSR count). The third kappa shape index (κ3) is 1.20. The molecule has 2 fully saturated rings. The van der Waals surface area contributed by atoms with Crippen LogP contribution in [0.1, 0.15) is 39.0 Å². The van der Waals surface area contributed by atoms with Gasteiger partial charge in [-0.1, -0.05) is 6.42 Å². The Morgan fingerprint density at radius 1 is 1.27 bits per heavy atom. The highest BCUT2D eigenvalue weighted by atomic mass is 15.1. The fraction of sp³-hybridized carbons (Fsp3) is 1.00. The molecule has 0 amide bonds. The molecule has 0 bridgehead atoms. The van der Waals surface area contributed by atoms with Gasteiger partial charge in [-0.2, -0.15) is 0 Å². The molecule has 0 aromatic heterocycles. The van der Waals surface area contributed by atoms with Crippen molar-refractivity contribution in [3.8, 4) is 0 Å². The van der Waals surface area contributed by atoms with Gasteiger partial charge in [-0.05, 0) is 45.1 Å². The van der Waals surface area contributed by atoms with Gasteiger partial charge in [0.05, 0.1) is 0 Å². The molecule has 1 heteroatoms. The monoisotopic (exact) mass is 153 g/mol. The van der Waals surface area contributed by atoms with Gasteiger partial charge in [0, 0.05) is 12.6 Å². The van der Waals surface area contributed by atoms with Crippen LogP contribution >= 0.6 is 0 Å². The van der Waals surface area contributed by atoms with Gasteiger partial charge in [-0.15, -0.1) is 0 Å². The molecule has 1 unspecified atom stereocenters. The Kier molecular flexibility index (Phi) is 1.71. The maximum absolute atomic E-state index is 2.54. The highest BCUT2D eigenvalue weighted by Gasteiger charge is 2.41. The summed E-state index contributed by atoms with van der Waals surface area (Å²) in [6.07, 6.45) is 7.42. The Balaban J connectivity index is 1.97. The highest BCUT2D eigenvalue weighted by molar-refractivity contribution is 4.94. The molecule has 11 heavy (non-hydrogen) atoms. The van der Waals surface area contributed by atoms with E-state index in [0.29, 0.717) is 0 Å². The van der Waals surface area contributed by atoms with Gasteiger partial charge in [-0.3, -0.25) is 0 Å². The second kappa shape index (κ2) is 2.48. The van der Waals surface area contributed by atoms with E-state index in [1.54, 1.807) is 0 Å². The number of rotatable bonds is 0. The first kappa shape index (κ1) is 7.60. The predicted molar refractivity (Wildman–Crippen MR) is 47.6 cm³/mol. The molecule has 2 aliphatic rings. The summed E-state index contributed by atoms with van der Waals surface area (Å²) in [7, 11) is 2.28. The van der Waals surface area contributed by atoms with Crippen molar-refractivity contribution < 1.29 is 0 Å². The van der Waals surface area contributed by atoms with Crippen LogP contribution in [0, 0.1) is 5.41 Å². The standard InChI is InChI=1S/C10H19N/c1-9-4-7-10(5-3-6-10)8-11(9)2/h9H,3-8H2,1-2H3. The first-order valence-corrected chi connectivity index (χ1v) is 4.92. The number of nitrogens with zero attached hydrogens (tertiary/aromatic N) is 1. The fourth-order valence-corrected chi connectivity index (χ4v) is 2.58. The maximum atomic E-state index is 2.54. The first-order valence-electron chi connectivity index (χ1n) is 4.92. The summed E-state index contributed by atoms with van der Waals surface area (Å²) in [5.41, 5.74) is 0.779. The smallest absolute Gasteiger partial charge is 0.00643 e.